The predicted molar refractivity (Wildman–Crippen MR) is 96.3 cm³/mol. The molecule has 5 nitrogen and oxygen atoms in total. The van der Waals surface area contributed by atoms with E-state index in [1.165, 1.54) is 0 Å². The van der Waals surface area contributed by atoms with Crippen LogP contribution in [0.1, 0.15) is 44.6 Å². The van der Waals surface area contributed by atoms with Crippen molar-refractivity contribution in [3.8, 4) is 0 Å². The molecule has 1 atom stereocenters. The van der Waals surface area contributed by atoms with Crippen molar-refractivity contribution in [1.29, 1.82) is 0 Å². The molecule has 1 aliphatic rings. The van der Waals surface area contributed by atoms with Crippen LogP contribution in [0, 0.1) is 11.3 Å². The van der Waals surface area contributed by atoms with Crippen molar-refractivity contribution in [2.45, 2.75) is 45.4 Å². The molecular weight excluding hydrogens is 318 g/mol. The normalized spacial score (nSPS) is 17.2. The van der Waals surface area contributed by atoms with Crippen molar-refractivity contribution in [1.82, 2.24) is 5.32 Å². The Bertz CT molecular complexity index is 552. The number of carboxylic acids is 1. The number of carboxylic acid groups (broad SMARTS) is 1. The van der Waals surface area contributed by atoms with E-state index in [0.717, 1.165) is 31.2 Å². The van der Waals surface area contributed by atoms with Crippen LogP contribution in [0.25, 0.3) is 0 Å². The summed E-state index contributed by atoms with van der Waals surface area (Å²) >= 11 is 0. The first-order valence-corrected chi connectivity index (χ1v) is 9.20. The molecule has 0 heterocycles. The first kappa shape index (κ1) is 19.4. The minimum Gasteiger partial charge on any atom is -0.481 e. The lowest BCUT2D eigenvalue weighted by Crippen LogP contribution is -2.43. The second-order valence-corrected chi connectivity index (χ2v) is 6.87. The van der Waals surface area contributed by atoms with Gasteiger partial charge in [0.05, 0.1) is 11.3 Å². The largest absolute Gasteiger partial charge is 0.481 e. The van der Waals surface area contributed by atoms with E-state index in [-0.39, 0.29) is 17.9 Å². The lowest BCUT2D eigenvalue weighted by atomic mass is 9.81. The Kier molecular flexibility index (Phi) is 7.44. The van der Waals surface area contributed by atoms with E-state index < -0.39 is 11.9 Å². The molecule has 25 heavy (non-hydrogen) atoms. The predicted octanol–water partition coefficient (Wildman–Crippen LogP) is 3.03. The molecule has 2 rings (SSSR count). The van der Waals surface area contributed by atoms with E-state index in [4.69, 9.17) is 4.74 Å². The molecule has 1 aliphatic carbocycles. The Morgan fingerprint density at radius 2 is 1.92 bits per heavy atom. The van der Waals surface area contributed by atoms with Crippen LogP contribution >= 0.6 is 0 Å². The minimum atomic E-state index is -0.876. The number of aliphatic carboxylic acids is 1. The van der Waals surface area contributed by atoms with E-state index >= 15 is 0 Å². The first-order chi connectivity index (χ1) is 12.1. The molecular formula is C20H29NO4. The Morgan fingerprint density at radius 3 is 2.52 bits per heavy atom. The summed E-state index contributed by atoms with van der Waals surface area (Å²) in [6.45, 7) is 3.34. The smallest absolute Gasteiger partial charge is 0.308 e. The number of rotatable bonds is 10. The fraction of sp³-hybridized carbons (Fsp3) is 0.600. The summed E-state index contributed by atoms with van der Waals surface area (Å²) in [5.41, 5.74) is 0.585. The molecule has 0 radical (unpaired) electrons. The zero-order valence-electron chi connectivity index (χ0n) is 15.0. The number of benzene rings is 1. The average molecular weight is 347 g/mol. The molecule has 1 aromatic rings. The SMILES string of the molecule is CCOCCC1(C(=O)NCC(Cc2ccccc2)C(=O)O)CCCC1. The van der Waals surface area contributed by atoms with E-state index in [2.05, 4.69) is 5.32 Å². The van der Waals surface area contributed by atoms with Crippen LogP contribution in [0.3, 0.4) is 0 Å². The van der Waals surface area contributed by atoms with Gasteiger partial charge in [-0.05, 0) is 38.2 Å². The molecule has 0 bridgehead atoms. The Balaban J connectivity index is 1.93. The number of nitrogens with one attached hydrogen (secondary N) is 1. The second kappa shape index (κ2) is 9.56. The van der Waals surface area contributed by atoms with Crippen molar-refractivity contribution in [2.75, 3.05) is 19.8 Å². The number of hydrogen-bond acceptors (Lipinski definition) is 3. The van der Waals surface area contributed by atoms with E-state index in [9.17, 15) is 14.7 Å². The molecule has 1 saturated carbocycles. The van der Waals surface area contributed by atoms with Gasteiger partial charge in [-0.3, -0.25) is 9.59 Å². The van der Waals surface area contributed by atoms with Gasteiger partial charge in [-0.1, -0.05) is 43.2 Å². The maximum Gasteiger partial charge on any atom is 0.308 e. The Hall–Kier alpha value is -1.88. The number of carbonyl (C=O) groups excluding carboxylic acids is 1. The summed E-state index contributed by atoms with van der Waals surface area (Å²) < 4.78 is 5.44. The van der Waals surface area contributed by atoms with Gasteiger partial charge in [-0.2, -0.15) is 0 Å². The zero-order valence-corrected chi connectivity index (χ0v) is 15.0. The summed E-state index contributed by atoms with van der Waals surface area (Å²) in [6, 6.07) is 9.53. The van der Waals surface area contributed by atoms with Gasteiger partial charge < -0.3 is 15.2 Å². The van der Waals surface area contributed by atoms with E-state index in [1.54, 1.807) is 0 Å². The third-order valence-electron chi connectivity index (χ3n) is 5.15. The van der Waals surface area contributed by atoms with Gasteiger partial charge in [0.2, 0.25) is 5.91 Å². The summed E-state index contributed by atoms with van der Waals surface area (Å²) in [6.07, 6.45) is 4.95. The fourth-order valence-corrected chi connectivity index (χ4v) is 3.60. The van der Waals surface area contributed by atoms with Crippen molar-refractivity contribution < 1.29 is 19.4 Å². The van der Waals surface area contributed by atoms with Crippen LogP contribution in [0.5, 0.6) is 0 Å². The van der Waals surface area contributed by atoms with Crippen LogP contribution in [-0.2, 0) is 20.7 Å². The molecule has 1 amide bonds. The van der Waals surface area contributed by atoms with Crippen molar-refractivity contribution in [3.05, 3.63) is 35.9 Å². The third-order valence-corrected chi connectivity index (χ3v) is 5.15. The molecule has 138 valence electrons. The van der Waals surface area contributed by atoms with Crippen molar-refractivity contribution >= 4 is 11.9 Å². The molecule has 0 aliphatic heterocycles. The highest BCUT2D eigenvalue weighted by atomic mass is 16.5. The number of ether oxygens (including phenoxy) is 1. The highest BCUT2D eigenvalue weighted by molar-refractivity contribution is 5.83. The average Bonchev–Trinajstić information content (AvgIpc) is 3.09. The molecule has 1 aromatic carbocycles. The summed E-state index contributed by atoms with van der Waals surface area (Å²) in [4.78, 5) is 24.3. The van der Waals surface area contributed by atoms with Crippen LogP contribution in [0.4, 0.5) is 0 Å². The summed E-state index contributed by atoms with van der Waals surface area (Å²) in [7, 11) is 0. The summed E-state index contributed by atoms with van der Waals surface area (Å²) in [5.74, 6) is -1.50. The van der Waals surface area contributed by atoms with Gasteiger partial charge in [0.1, 0.15) is 0 Å². The topological polar surface area (TPSA) is 75.6 Å². The molecule has 1 unspecified atom stereocenters. The number of amides is 1. The minimum absolute atomic E-state index is 0.0102. The second-order valence-electron chi connectivity index (χ2n) is 6.87. The highest BCUT2D eigenvalue weighted by Crippen LogP contribution is 2.41. The van der Waals surface area contributed by atoms with Gasteiger partial charge in [0.15, 0.2) is 0 Å². The first-order valence-electron chi connectivity index (χ1n) is 9.20. The maximum atomic E-state index is 12.8. The lowest BCUT2D eigenvalue weighted by Gasteiger charge is -2.28. The zero-order chi connectivity index (χ0) is 18.1. The Morgan fingerprint density at radius 1 is 1.24 bits per heavy atom. The van der Waals surface area contributed by atoms with Gasteiger partial charge in [0, 0.05) is 19.8 Å². The van der Waals surface area contributed by atoms with Gasteiger partial charge in [-0.15, -0.1) is 0 Å². The quantitative estimate of drug-likeness (QED) is 0.638. The molecule has 0 spiro atoms. The van der Waals surface area contributed by atoms with Crippen LogP contribution in [0.15, 0.2) is 30.3 Å². The lowest BCUT2D eigenvalue weighted by molar-refractivity contribution is -0.142. The fourth-order valence-electron chi connectivity index (χ4n) is 3.60. The van der Waals surface area contributed by atoms with Crippen LogP contribution in [-0.4, -0.2) is 36.7 Å². The monoisotopic (exact) mass is 347 g/mol. The molecule has 0 aromatic heterocycles. The molecule has 5 heteroatoms. The molecule has 0 saturated heterocycles. The standard InChI is InChI=1S/C20H29NO4/c1-2-25-13-12-20(10-6-7-11-20)19(24)21-15-17(18(22)23)14-16-8-4-3-5-9-16/h3-5,8-9,17H,2,6-7,10-15H2,1H3,(H,21,24)(H,22,23). The van der Waals surface area contributed by atoms with Crippen molar-refractivity contribution in [3.63, 3.8) is 0 Å². The van der Waals surface area contributed by atoms with Crippen LogP contribution < -0.4 is 5.32 Å². The van der Waals surface area contributed by atoms with E-state index in [0.29, 0.717) is 26.1 Å². The maximum absolute atomic E-state index is 12.8. The van der Waals surface area contributed by atoms with Crippen LogP contribution in [0.2, 0.25) is 0 Å². The van der Waals surface area contributed by atoms with Gasteiger partial charge in [-0.25, -0.2) is 0 Å². The number of carbonyl (C=O) groups is 2. The summed E-state index contributed by atoms with van der Waals surface area (Å²) in [5, 5.41) is 12.4. The van der Waals surface area contributed by atoms with Gasteiger partial charge >= 0.3 is 5.97 Å². The molecule has 1 fully saturated rings. The van der Waals surface area contributed by atoms with E-state index in [1.807, 2.05) is 37.3 Å². The number of hydrogen-bond donors (Lipinski definition) is 2. The van der Waals surface area contributed by atoms with Crippen molar-refractivity contribution in [2.24, 2.45) is 11.3 Å². The highest BCUT2D eigenvalue weighted by Gasteiger charge is 2.40. The molecule has 2 N–H and O–H groups in total. The van der Waals surface area contributed by atoms with Gasteiger partial charge in [0.25, 0.3) is 0 Å². The Labute approximate surface area is 149 Å². The third kappa shape index (κ3) is 5.56.